The quantitative estimate of drug-likeness (QED) is 0.453. The monoisotopic (exact) mass is 96.0 g/mol. The van der Waals surface area contributed by atoms with E-state index in [1.54, 1.807) is 0 Å². The van der Waals surface area contributed by atoms with E-state index in [4.69, 9.17) is 5.41 Å². The number of nitrogens with zero attached hydrogens (tertiary/aromatic N) is 1. The first kappa shape index (κ1) is 4.18. The number of carbonyl (C=O) groups excluding carboxylic acids is 1. The van der Waals surface area contributed by atoms with Gasteiger partial charge in [0.05, 0.1) is 12.6 Å². The maximum atomic E-state index is 10.2. The SMILES string of the molecule is N=C1CC(=O)C=N1. The molecule has 0 aliphatic carbocycles. The Balaban J connectivity index is 2.76. The fourth-order valence-corrected chi connectivity index (χ4v) is 0.406. The molecule has 0 fully saturated rings. The Bertz CT molecular complexity index is 132. The Morgan fingerprint density at radius 3 is 2.71 bits per heavy atom. The van der Waals surface area contributed by atoms with E-state index >= 15 is 0 Å². The van der Waals surface area contributed by atoms with Crippen molar-refractivity contribution in [3.63, 3.8) is 0 Å². The molecule has 3 nitrogen and oxygen atoms in total. The second-order valence-corrected chi connectivity index (χ2v) is 1.35. The van der Waals surface area contributed by atoms with Gasteiger partial charge in [0.15, 0.2) is 5.78 Å². The number of Topliss-reactive ketones (excluding diaryl/α,β-unsaturated/α-hetero) is 1. The Kier molecular flexibility index (Phi) is 0.749. The summed E-state index contributed by atoms with van der Waals surface area (Å²) in [6, 6.07) is 0. The molecule has 0 spiro atoms. The van der Waals surface area contributed by atoms with Crippen LogP contribution < -0.4 is 0 Å². The molecule has 0 aromatic carbocycles. The van der Waals surface area contributed by atoms with Crippen molar-refractivity contribution in [1.29, 1.82) is 5.41 Å². The van der Waals surface area contributed by atoms with Crippen LogP contribution in [0.25, 0.3) is 0 Å². The predicted molar refractivity (Wildman–Crippen MR) is 25.8 cm³/mol. The molecule has 0 saturated heterocycles. The third-order valence-corrected chi connectivity index (χ3v) is 0.706. The fourth-order valence-electron chi connectivity index (χ4n) is 0.406. The van der Waals surface area contributed by atoms with Crippen LogP contribution in [0.5, 0.6) is 0 Å². The first-order chi connectivity index (χ1) is 3.29. The van der Waals surface area contributed by atoms with Crippen molar-refractivity contribution in [2.24, 2.45) is 4.99 Å². The summed E-state index contributed by atoms with van der Waals surface area (Å²) in [6.07, 6.45) is 1.38. The molecule has 1 aliphatic heterocycles. The zero-order valence-electron chi connectivity index (χ0n) is 3.64. The van der Waals surface area contributed by atoms with E-state index in [0.717, 1.165) is 0 Å². The van der Waals surface area contributed by atoms with Gasteiger partial charge >= 0.3 is 0 Å². The number of ketones is 1. The molecule has 0 atom stereocenters. The van der Waals surface area contributed by atoms with Crippen LogP contribution in [-0.4, -0.2) is 17.8 Å². The van der Waals surface area contributed by atoms with Gasteiger partial charge in [-0.1, -0.05) is 0 Å². The minimum Gasteiger partial charge on any atom is -0.293 e. The van der Waals surface area contributed by atoms with Gasteiger partial charge in [-0.15, -0.1) is 0 Å². The molecule has 0 saturated carbocycles. The Labute approximate surface area is 40.6 Å². The predicted octanol–water partition coefficient (Wildman–Crippen LogP) is 0.00727. The third kappa shape index (κ3) is 0.707. The highest BCUT2D eigenvalue weighted by atomic mass is 16.1. The van der Waals surface area contributed by atoms with Crippen molar-refractivity contribution in [3.05, 3.63) is 0 Å². The van der Waals surface area contributed by atoms with E-state index in [1.165, 1.54) is 6.21 Å². The lowest BCUT2D eigenvalue weighted by Crippen LogP contribution is -1.92. The normalized spacial score (nSPS) is 18.9. The molecular weight excluding hydrogens is 92.1 g/mol. The molecule has 3 heteroatoms. The van der Waals surface area contributed by atoms with Crippen molar-refractivity contribution in [2.45, 2.75) is 6.42 Å². The molecule has 0 aromatic rings. The molecule has 0 bridgehead atoms. The van der Waals surface area contributed by atoms with Crippen LogP contribution >= 0.6 is 0 Å². The average molecular weight is 96.1 g/mol. The van der Waals surface area contributed by atoms with E-state index in [1.807, 2.05) is 0 Å². The summed E-state index contributed by atoms with van der Waals surface area (Å²) in [5.41, 5.74) is 0. The van der Waals surface area contributed by atoms with Gasteiger partial charge in [-0.05, 0) is 0 Å². The second kappa shape index (κ2) is 1.26. The molecule has 1 heterocycles. The van der Waals surface area contributed by atoms with E-state index in [2.05, 4.69) is 4.99 Å². The highest BCUT2D eigenvalue weighted by molar-refractivity contribution is 6.38. The van der Waals surface area contributed by atoms with Gasteiger partial charge < -0.3 is 0 Å². The second-order valence-electron chi connectivity index (χ2n) is 1.35. The molecular formula is C4H4N2O. The van der Waals surface area contributed by atoms with Gasteiger partial charge in [-0.25, -0.2) is 4.99 Å². The number of hydrogen-bond donors (Lipinski definition) is 1. The average Bonchev–Trinajstić information content (AvgIpc) is 1.87. The van der Waals surface area contributed by atoms with Gasteiger partial charge in [0.1, 0.15) is 5.84 Å². The maximum Gasteiger partial charge on any atom is 0.181 e. The molecule has 0 aromatic heterocycles. The first-order valence-corrected chi connectivity index (χ1v) is 1.93. The van der Waals surface area contributed by atoms with Crippen molar-refractivity contribution in [1.82, 2.24) is 0 Å². The lowest BCUT2D eigenvalue weighted by atomic mass is 10.3. The number of rotatable bonds is 0. The summed E-state index contributed by atoms with van der Waals surface area (Å²) in [7, 11) is 0. The highest BCUT2D eigenvalue weighted by Crippen LogP contribution is 1.92. The van der Waals surface area contributed by atoms with Crippen LogP contribution in [0.3, 0.4) is 0 Å². The molecule has 1 rings (SSSR count). The Hall–Kier alpha value is -0.990. The maximum absolute atomic E-state index is 10.2. The van der Waals surface area contributed by atoms with Crippen LogP contribution in [0, 0.1) is 5.41 Å². The molecule has 0 radical (unpaired) electrons. The summed E-state index contributed by atoms with van der Waals surface area (Å²) < 4.78 is 0. The standard InChI is InChI=1S/C4H4N2O/c5-4-1-3(7)2-6-4/h2,5H,1H2. The minimum absolute atomic E-state index is 0.0648. The Morgan fingerprint density at radius 2 is 2.57 bits per heavy atom. The van der Waals surface area contributed by atoms with Crippen molar-refractivity contribution in [3.8, 4) is 0 Å². The van der Waals surface area contributed by atoms with E-state index in [0.29, 0.717) is 0 Å². The minimum atomic E-state index is -0.0648. The van der Waals surface area contributed by atoms with Gasteiger partial charge in [-0.3, -0.25) is 10.2 Å². The Morgan fingerprint density at radius 1 is 1.86 bits per heavy atom. The van der Waals surface area contributed by atoms with Gasteiger partial charge in [0, 0.05) is 0 Å². The van der Waals surface area contributed by atoms with Crippen LogP contribution in [0.2, 0.25) is 0 Å². The first-order valence-electron chi connectivity index (χ1n) is 1.93. The summed E-state index contributed by atoms with van der Waals surface area (Å²) in [5.74, 6) is 0.106. The van der Waals surface area contributed by atoms with E-state index in [-0.39, 0.29) is 18.0 Å². The van der Waals surface area contributed by atoms with Gasteiger partial charge in [0.25, 0.3) is 0 Å². The zero-order valence-corrected chi connectivity index (χ0v) is 3.64. The summed E-state index contributed by atoms with van der Waals surface area (Å²) in [6.45, 7) is 0. The molecule has 7 heavy (non-hydrogen) atoms. The van der Waals surface area contributed by atoms with Crippen LogP contribution in [-0.2, 0) is 4.79 Å². The number of aliphatic imine (C=N–C) groups is 1. The lowest BCUT2D eigenvalue weighted by Gasteiger charge is -1.74. The highest BCUT2D eigenvalue weighted by Gasteiger charge is 2.07. The largest absolute Gasteiger partial charge is 0.293 e. The molecule has 36 valence electrons. The topological polar surface area (TPSA) is 53.3 Å². The number of carbonyl (C=O) groups is 1. The van der Waals surface area contributed by atoms with Gasteiger partial charge in [-0.2, -0.15) is 0 Å². The summed E-state index contributed by atoms with van der Waals surface area (Å²) >= 11 is 0. The van der Waals surface area contributed by atoms with Crippen LogP contribution in [0.4, 0.5) is 0 Å². The number of amidine groups is 1. The summed E-state index contributed by atoms with van der Waals surface area (Å²) in [4.78, 5) is 13.6. The lowest BCUT2D eigenvalue weighted by molar-refractivity contribution is -0.111. The third-order valence-electron chi connectivity index (χ3n) is 0.706. The molecule has 0 amide bonds. The number of nitrogens with one attached hydrogen (secondary N) is 1. The van der Waals surface area contributed by atoms with Gasteiger partial charge in [0.2, 0.25) is 0 Å². The van der Waals surface area contributed by atoms with Crippen molar-refractivity contribution < 1.29 is 4.79 Å². The van der Waals surface area contributed by atoms with Crippen LogP contribution in [0.15, 0.2) is 4.99 Å². The van der Waals surface area contributed by atoms with Crippen molar-refractivity contribution in [2.75, 3.05) is 0 Å². The molecule has 1 aliphatic rings. The number of hydrogen-bond acceptors (Lipinski definition) is 2. The zero-order chi connectivity index (χ0) is 5.28. The van der Waals surface area contributed by atoms with E-state index in [9.17, 15) is 4.79 Å². The smallest absolute Gasteiger partial charge is 0.181 e. The van der Waals surface area contributed by atoms with E-state index < -0.39 is 0 Å². The molecule has 0 unspecified atom stereocenters. The summed E-state index contributed by atoms with van der Waals surface area (Å²) in [5, 5.41) is 6.76. The van der Waals surface area contributed by atoms with Crippen molar-refractivity contribution >= 4 is 17.8 Å². The molecule has 1 N–H and O–H groups in total. The van der Waals surface area contributed by atoms with Crippen LogP contribution in [0.1, 0.15) is 6.42 Å². The fraction of sp³-hybridized carbons (Fsp3) is 0.250.